The second-order valence-corrected chi connectivity index (χ2v) is 7.56. The Kier molecular flexibility index (Phi) is 5.86. The molecule has 4 aromatic rings. The summed E-state index contributed by atoms with van der Waals surface area (Å²) in [7, 11) is 1.47. The first-order valence-corrected chi connectivity index (χ1v) is 10.7. The highest BCUT2D eigenvalue weighted by Crippen LogP contribution is 2.31. The van der Waals surface area contributed by atoms with E-state index in [4.69, 9.17) is 9.47 Å². The van der Waals surface area contributed by atoms with Crippen LogP contribution >= 0.6 is 0 Å². The van der Waals surface area contributed by atoms with Crippen molar-refractivity contribution in [1.82, 2.24) is 25.3 Å². The number of para-hydroxylation sites is 1. The van der Waals surface area contributed by atoms with Crippen LogP contribution in [0.25, 0.3) is 22.2 Å². The standard InChI is InChI=1S/C24H21FN6O3/c1-26-23(32)21-16-4-2-3-14(22(16)28-12-17(21)25)5-6-27-20-10-18(30-13-31-20)15-9-19-24(29-11-15)34-8-7-33-19/h2-4,9-13H,5-8H2,1H3,(H,26,32)(H,27,30,31). The molecule has 4 heterocycles. The van der Waals surface area contributed by atoms with E-state index in [-0.39, 0.29) is 5.56 Å². The zero-order valence-electron chi connectivity index (χ0n) is 18.3. The second kappa shape index (κ2) is 9.26. The molecule has 9 nitrogen and oxygen atoms in total. The molecule has 0 atom stereocenters. The van der Waals surface area contributed by atoms with E-state index < -0.39 is 11.7 Å². The fraction of sp³-hybridized carbons (Fsp3) is 0.208. The molecule has 0 spiro atoms. The van der Waals surface area contributed by atoms with Crippen molar-refractivity contribution in [3.63, 3.8) is 0 Å². The highest BCUT2D eigenvalue weighted by atomic mass is 19.1. The van der Waals surface area contributed by atoms with Gasteiger partial charge in [0.15, 0.2) is 11.6 Å². The predicted octanol–water partition coefficient (Wildman–Crippen LogP) is 3.01. The fourth-order valence-corrected chi connectivity index (χ4v) is 3.83. The number of pyridine rings is 2. The number of anilines is 1. The van der Waals surface area contributed by atoms with Crippen molar-refractivity contribution in [2.45, 2.75) is 6.42 Å². The summed E-state index contributed by atoms with van der Waals surface area (Å²) in [5.41, 5.74) is 2.96. The number of nitrogens with zero attached hydrogens (tertiary/aromatic N) is 4. The minimum absolute atomic E-state index is 0.00390. The summed E-state index contributed by atoms with van der Waals surface area (Å²) in [4.78, 5) is 29.3. The molecule has 1 amide bonds. The fourth-order valence-electron chi connectivity index (χ4n) is 3.83. The van der Waals surface area contributed by atoms with E-state index in [9.17, 15) is 9.18 Å². The van der Waals surface area contributed by atoms with Crippen LogP contribution in [0.3, 0.4) is 0 Å². The van der Waals surface area contributed by atoms with Gasteiger partial charge in [0.2, 0.25) is 0 Å². The summed E-state index contributed by atoms with van der Waals surface area (Å²) >= 11 is 0. The Labute approximate surface area is 194 Å². The van der Waals surface area contributed by atoms with Crippen LogP contribution in [0, 0.1) is 5.82 Å². The van der Waals surface area contributed by atoms with E-state index in [0.29, 0.717) is 60.2 Å². The SMILES string of the molecule is CNC(=O)c1c(F)cnc2c(CCNc3cc(-c4cnc5c(c4)OCCO5)ncn3)cccc12. The molecule has 0 bridgehead atoms. The lowest BCUT2D eigenvalue weighted by Gasteiger charge is -2.17. The first kappa shape index (κ1) is 21.5. The van der Waals surface area contributed by atoms with E-state index in [1.54, 1.807) is 18.3 Å². The second-order valence-electron chi connectivity index (χ2n) is 7.56. The third-order valence-corrected chi connectivity index (χ3v) is 5.45. The van der Waals surface area contributed by atoms with Crippen LogP contribution in [-0.4, -0.2) is 52.6 Å². The molecule has 5 rings (SSSR count). The van der Waals surface area contributed by atoms with Crippen molar-refractivity contribution in [1.29, 1.82) is 0 Å². The Morgan fingerprint density at radius 1 is 1.09 bits per heavy atom. The van der Waals surface area contributed by atoms with E-state index in [0.717, 1.165) is 17.3 Å². The van der Waals surface area contributed by atoms with E-state index in [1.165, 1.54) is 13.4 Å². The molecule has 0 aliphatic carbocycles. The summed E-state index contributed by atoms with van der Waals surface area (Å²) in [5.74, 6) is 0.579. The van der Waals surface area contributed by atoms with Gasteiger partial charge in [-0.15, -0.1) is 0 Å². The molecule has 0 unspecified atom stereocenters. The van der Waals surface area contributed by atoms with E-state index in [2.05, 4.69) is 30.6 Å². The molecule has 0 radical (unpaired) electrons. The smallest absolute Gasteiger partial charge is 0.257 e. The average Bonchev–Trinajstić information content (AvgIpc) is 2.88. The van der Waals surface area contributed by atoms with Crippen LogP contribution in [0.2, 0.25) is 0 Å². The molecular weight excluding hydrogens is 439 g/mol. The zero-order chi connectivity index (χ0) is 23.5. The summed E-state index contributed by atoms with van der Waals surface area (Å²) in [6.45, 7) is 1.51. The first-order valence-electron chi connectivity index (χ1n) is 10.7. The average molecular weight is 460 g/mol. The highest BCUT2D eigenvalue weighted by Gasteiger charge is 2.17. The van der Waals surface area contributed by atoms with Crippen LogP contribution in [-0.2, 0) is 6.42 Å². The van der Waals surface area contributed by atoms with Gasteiger partial charge >= 0.3 is 0 Å². The van der Waals surface area contributed by atoms with Crippen LogP contribution in [0.1, 0.15) is 15.9 Å². The first-order chi connectivity index (χ1) is 16.6. The minimum atomic E-state index is -0.649. The van der Waals surface area contributed by atoms with Gasteiger partial charge in [-0.25, -0.2) is 19.3 Å². The minimum Gasteiger partial charge on any atom is -0.484 e. The number of carbonyl (C=O) groups excluding carboxylic acids is 1. The lowest BCUT2D eigenvalue weighted by atomic mass is 10.0. The largest absolute Gasteiger partial charge is 0.484 e. The number of hydrogen-bond donors (Lipinski definition) is 2. The molecular formula is C24H21FN6O3. The van der Waals surface area contributed by atoms with Crippen LogP contribution in [0.5, 0.6) is 11.6 Å². The van der Waals surface area contributed by atoms with Crippen LogP contribution in [0.4, 0.5) is 10.2 Å². The Hall–Kier alpha value is -4.34. The summed E-state index contributed by atoms with van der Waals surface area (Å²) < 4.78 is 25.3. The molecule has 1 aliphatic heterocycles. The Bertz CT molecular complexity index is 1380. The number of halogens is 1. The molecule has 0 saturated carbocycles. The normalized spacial score (nSPS) is 12.4. The van der Waals surface area contributed by atoms with Crippen LogP contribution < -0.4 is 20.1 Å². The van der Waals surface area contributed by atoms with E-state index in [1.807, 2.05) is 18.2 Å². The number of carbonyl (C=O) groups is 1. The van der Waals surface area contributed by atoms with Gasteiger partial charge in [0.05, 0.1) is 23.0 Å². The monoisotopic (exact) mass is 460 g/mol. The van der Waals surface area contributed by atoms with Crippen LogP contribution in [0.15, 0.2) is 49.1 Å². The Balaban J connectivity index is 1.33. The number of rotatable bonds is 6. The van der Waals surface area contributed by atoms with E-state index >= 15 is 0 Å². The Morgan fingerprint density at radius 2 is 1.97 bits per heavy atom. The lowest BCUT2D eigenvalue weighted by Crippen LogP contribution is -2.20. The number of amides is 1. The van der Waals surface area contributed by atoms with Crippen molar-refractivity contribution in [3.05, 3.63) is 66.0 Å². The molecule has 0 saturated heterocycles. The van der Waals surface area contributed by atoms with Gasteiger partial charge in [-0.05, 0) is 18.1 Å². The quantitative estimate of drug-likeness (QED) is 0.452. The third kappa shape index (κ3) is 4.17. The van der Waals surface area contributed by atoms with Gasteiger partial charge in [0, 0.05) is 36.8 Å². The highest BCUT2D eigenvalue weighted by molar-refractivity contribution is 6.06. The number of fused-ring (bicyclic) bond motifs is 2. The van der Waals surface area contributed by atoms with Crippen molar-refractivity contribution in [3.8, 4) is 22.9 Å². The molecule has 0 fully saturated rings. The van der Waals surface area contributed by atoms with Crippen molar-refractivity contribution < 1.29 is 18.7 Å². The van der Waals surface area contributed by atoms with Crippen molar-refractivity contribution in [2.24, 2.45) is 0 Å². The topological polar surface area (TPSA) is 111 Å². The summed E-state index contributed by atoms with van der Waals surface area (Å²) in [5, 5.41) is 6.24. The maximum Gasteiger partial charge on any atom is 0.257 e. The van der Waals surface area contributed by atoms with Gasteiger partial charge in [0.1, 0.15) is 25.4 Å². The van der Waals surface area contributed by atoms with Crippen molar-refractivity contribution in [2.75, 3.05) is 32.1 Å². The maximum absolute atomic E-state index is 14.3. The molecule has 1 aromatic carbocycles. The number of benzene rings is 1. The number of aromatic nitrogens is 4. The number of nitrogens with one attached hydrogen (secondary N) is 2. The molecule has 2 N–H and O–H groups in total. The van der Waals surface area contributed by atoms with Gasteiger partial charge in [-0.1, -0.05) is 18.2 Å². The third-order valence-electron chi connectivity index (χ3n) is 5.45. The summed E-state index contributed by atoms with van der Waals surface area (Å²) in [6.07, 6.45) is 4.84. The molecule has 172 valence electrons. The van der Waals surface area contributed by atoms with Gasteiger partial charge in [-0.2, -0.15) is 0 Å². The zero-order valence-corrected chi connectivity index (χ0v) is 18.3. The van der Waals surface area contributed by atoms with Gasteiger partial charge in [0.25, 0.3) is 11.8 Å². The summed E-state index contributed by atoms with van der Waals surface area (Å²) in [6, 6.07) is 9.08. The molecule has 1 aliphatic rings. The van der Waals surface area contributed by atoms with Crippen molar-refractivity contribution >= 4 is 22.6 Å². The number of hydrogen-bond acceptors (Lipinski definition) is 8. The molecule has 10 heteroatoms. The number of ether oxygens (including phenoxy) is 2. The van der Waals surface area contributed by atoms with Gasteiger partial charge < -0.3 is 20.1 Å². The Morgan fingerprint density at radius 3 is 2.85 bits per heavy atom. The lowest BCUT2D eigenvalue weighted by molar-refractivity contribution is 0.0960. The molecule has 34 heavy (non-hydrogen) atoms. The molecule has 3 aromatic heterocycles. The predicted molar refractivity (Wildman–Crippen MR) is 124 cm³/mol. The van der Waals surface area contributed by atoms with Gasteiger partial charge in [-0.3, -0.25) is 9.78 Å². The maximum atomic E-state index is 14.3.